The lowest BCUT2D eigenvalue weighted by atomic mass is 10.2. The number of nitrogens with one attached hydrogen (secondary N) is 2. The lowest BCUT2D eigenvalue weighted by molar-refractivity contribution is 0.0957. The van der Waals surface area contributed by atoms with Crippen molar-refractivity contribution < 1.29 is 13.2 Å². The largest absolute Gasteiger partial charge is 0.351 e. The Kier molecular flexibility index (Phi) is 6.67. The Morgan fingerprint density at radius 1 is 1.45 bits per heavy atom. The third-order valence-corrected chi connectivity index (χ3v) is 3.84. The van der Waals surface area contributed by atoms with Gasteiger partial charge in [-0.25, -0.2) is 13.1 Å². The fourth-order valence-electron chi connectivity index (χ4n) is 1.36. The van der Waals surface area contributed by atoms with E-state index < -0.39 is 10.0 Å². The van der Waals surface area contributed by atoms with Crippen LogP contribution in [0, 0.1) is 11.8 Å². The normalized spacial score (nSPS) is 10.7. The number of hydrogen-bond donors (Lipinski definition) is 3. The Labute approximate surface area is 122 Å². The first kappa shape index (κ1) is 16.7. The maximum absolute atomic E-state index is 11.9. The first-order valence-corrected chi connectivity index (χ1v) is 8.70. The van der Waals surface area contributed by atoms with E-state index in [1.54, 1.807) is 11.4 Å². The summed E-state index contributed by atoms with van der Waals surface area (Å²) < 4.78 is 24.0. The van der Waals surface area contributed by atoms with Crippen LogP contribution in [0.2, 0.25) is 0 Å². The van der Waals surface area contributed by atoms with Crippen LogP contribution in [0.1, 0.15) is 21.7 Å². The molecule has 6 nitrogen and oxygen atoms in total. The molecule has 0 atom stereocenters. The van der Waals surface area contributed by atoms with Gasteiger partial charge in [-0.2, -0.15) is 0 Å². The molecule has 1 amide bonds. The molecular formula is C12H17N3O3S2. The second-order valence-electron chi connectivity index (χ2n) is 3.95. The number of nitrogens with two attached hydrogens (primary N) is 1. The molecule has 0 radical (unpaired) electrons. The van der Waals surface area contributed by atoms with Crippen LogP contribution in [0.25, 0.3) is 0 Å². The van der Waals surface area contributed by atoms with Gasteiger partial charge in [0.05, 0.1) is 12.8 Å². The molecule has 0 saturated carbocycles. The minimum atomic E-state index is -3.18. The van der Waals surface area contributed by atoms with E-state index in [2.05, 4.69) is 21.9 Å². The highest BCUT2D eigenvalue weighted by molar-refractivity contribution is 7.88. The molecule has 0 aliphatic carbocycles. The van der Waals surface area contributed by atoms with Crippen molar-refractivity contribution in [3.05, 3.63) is 21.9 Å². The summed E-state index contributed by atoms with van der Waals surface area (Å²) in [7, 11) is -3.18. The van der Waals surface area contributed by atoms with Crippen LogP contribution >= 0.6 is 11.3 Å². The molecule has 0 saturated heterocycles. The fraction of sp³-hybridized carbons (Fsp3) is 0.417. The molecule has 0 aliphatic heterocycles. The van der Waals surface area contributed by atoms with Gasteiger partial charge in [0.2, 0.25) is 10.0 Å². The number of rotatable bonds is 6. The summed E-state index contributed by atoms with van der Waals surface area (Å²) in [5, 5.41) is 4.52. The zero-order chi connectivity index (χ0) is 15.0. The molecule has 0 fully saturated rings. The van der Waals surface area contributed by atoms with E-state index in [1.807, 2.05) is 0 Å². The monoisotopic (exact) mass is 315 g/mol. The molecule has 1 heterocycles. The first-order chi connectivity index (χ1) is 9.44. The van der Waals surface area contributed by atoms with E-state index >= 15 is 0 Å². The summed E-state index contributed by atoms with van der Waals surface area (Å²) in [4.78, 5) is 12.5. The smallest absolute Gasteiger partial charge is 0.262 e. The minimum absolute atomic E-state index is 0.208. The second-order valence-corrected chi connectivity index (χ2v) is 6.69. The summed E-state index contributed by atoms with van der Waals surface area (Å²) in [6, 6.07) is 1.77. The fourth-order valence-corrected chi connectivity index (χ4v) is 2.64. The molecule has 1 rings (SSSR count). The number of amides is 1. The standard InChI is InChI=1S/C12H17N3O3S2/c1-20(17,18)15-8-3-7-14-12(16)11-10(4-2-6-13)5-9-19-11/h5,9,15H,3,6-8,13H2,1H3,(H,14,16). The van der Waals surface area contributed by atoms with Gasteiger partial charge < -0.3 is 11.1 Å². The van der Waals surface area contributed by atoms with Gasteiger partial charge in [-0.3, -0.25) is 4.79 Å². The topological polar surface area (TPSA) is 101 Å². The van der Waals surface area contributed by atoms with Gasteiger partial charge in [-0.05, 0) is 17.9 Å². The average Bonchev–Trinajstić information content (AvgIpc) is 2.82. The second kappa shape index (κ2) is 8.01. The van der Waals surface area contributed by atoms with Crippen LogP contribution in [-0.4, -0.2) is 40.2 Å². The molecule has 1 aromatic rings. The van der Waals surface area contributed by atoms with Crippen molar-refractivity contribution in [2.45, 2.75) is 6.42 Å². The van der Waals surface area contributed by atoms with Crippen LogP contribution in [0.15, 0.2) is 11.4 Å². The molecule has 8 heteroatoms. The third-order valence-electron chi connectivity index (χ3n) is 2.20. The summed E-state index contributed by atoms with van der Waals surface area (Å²) in [5.74, 6) is 5.34. The highest BCUT2D eigenvalue weighted by atomic mass is 32.2. The third kappa shape index (κ3) is 6.16. The van der Waals surface area contributed by atoms with Crippen molar-refractivity contribution in [2.24, 2.45) is 5.73 Å². The van der Waals surface area contributed by atoms with E-state index in [9.17, 15) is 13.2 Å². The molecule has 20 heavy (non-hydrogen) atoms. The van der Waals surface area contributed by atoms with Crippen molar-refractivity contribution >= 4 is 27.3 Å². The van der Waals surface area contributed by atoms with Crippen LogP contribution in [0.3, 0.4) is 0 Å². The van der Waals surface area contributed by atoms with Crippen molar-refractivity contribution in [2.75, 3.05) is 25.9 Å². The van der Waals surface area contributed by atoms with E-state index in [0.717, 1.165) is 6.26 Å². The van der Waals surface area contributed by atoms with Crippen molar-refractivity contribution in [3.63, 3.8) is 0 Å². The highest BCUT2D eigenvalue weighted by Crippen LogP contribution is 2.15. The number of hydrogen-bond acceptors (Lipinski definition) is 5. The van der Waals surface area contributed by atoms with E-state index in [-0.39, 0.29) is 12.5 Å². The Hall–Kier alpha value is -1.40. The van der Waals surface area contributed by atoms with Gasteiger partial charge in [-0.15, -0.1) is 11.3 Å². The maximum atomic E-state index is 11.9. The predicted molar refractivity (Wildman–Crippen MR) is 80.0 cm³/mol. The van der Waals surface area contributed by atoms with E-state index in [0.29, 0.717) is 30.0 Å². The average molecular weight is 315 g/mol. The first-order valence-electron chi connectivity index (χ1n) is 5.93. The zero-order valence-corrected chi connectivity index (χ0v) is 12.7. The van der Waals surface area contributed by atoms with Crippen LogP contribution in [0.4, 0.5) is 0 Å². The van der Waals surface area contributed by atoms with E-state index in [1.165, 1.54) is 11.3 Å². The predicted octanol–water partition coefficient (Wildman–Crippen LogP) is -0.273. The molecule has 110 valence electrons. The molecular weight excluding hydrogens is 298 g/mol. The van der Waals surface area contributed by atoms with Gasteiger partial charge in [0.1, 0.15) is 4.88 Å². The molecule has 0 aromatic carbocycles. The molecule has 4 N–H and O–H groups in total. The Morgan fingerprint density at radius 3 is 2.85 bits per heavy atom. The summed E-state index contributed by atoms with van der Waals surface area (Å²) in [6.07, 6.45) is 1.62. The van der Waals surface area contributed by atoms with Gasteiger partial charge in [0.15, 0.2) is 0 Å². The van der Waals surface area contributed by atoms with Crippen molar-refractivity contribution in [3.8, 4) is 11.8 Å². The number of carbonyl (C=O) groups is 1. The minimum Gasteiger partial charge on any atom is -0.351 e. The summed E-state index contributed by atoms with van der Waals surface area (Å²) in [6.45, 7) is 0.931. The Bertz CT molecular complexity index is 611. The van der Waals surface area contributed by atoms with Crippen LogP contribution < -0.4 is 15.8 Å². The van der Waals surface area contributed by atoms with Crippen molar-refractivity contribution in [1.82, 2.24) is 10.0 Å². The lowest BCUT2D eigenvalue weighted by Gasteiger charge is -2.04. The quantitative estimate of drug-likeness (QED) is 0.497. The Balaban J connectivity index is 2.42. The number of sulfonamides is 1. The zero-order valence-electron chi connectivity index (χ0n) is 11.1. The molecule has 0 bridgehead atoms. The van der Waals surface area contributed by atoms with Gasteiger partial charge in [0, 0.05) is 18.7 Å². The van der Waals surface area contributed by atoms with Crippen LogP contribution in [-0.2, 0) is 10.0 Å². The van der Waals surface area contributed by atoms with Gasteiger partial charge in [0.25, 0.3) is 5.91 Å². The van der Waals surface area contributed by atoms with Gasteiger partial charge in [-0.1, -0.05) is 11.8 Å². The Morgan fingerprint density at radius 2 is 2.20 bits per heavy atom. The SMILES string of the molecule is CS(=O)(=O)NCCCNC(=O)c1sccc1C#CCN. The summed E-state index contributed by atoms with van der Waals surface area (Å²) >= 11 is 1.31. The van der Waals surface area contributed by atoms with Crippen LogP contribution in [0.5, 0.6) is 0 Å². The number of carbonyl (C=O) groups excluding carboxylic acids is 1. The molecule has 0 unspecified atom stereocenters. The van der Waals surface area contributed by atoms with Crippen molar-refractivity contribution in [1.29, 1.82) is 0 Å². The lowest BCUT2D eigenvalue weighted by Crippen LogP contribution is -2.29. The summed E-state index contributed by atoms with van der Waals surface area (Å²) in [5.41, 5.74) is 5.95. The number of thiophene rings is 1. The maximum Gasteiger partial charge on any atom is 0.262 e. The molecule has 0 aliphatic rings. The van der Waals surface area contributed by atoms with Gasteiger partial charge >= 0.3 is 0 Å². The van der Waals surface area contributed by atoms with E-state index in [4.69, 9.17) is 5.73 Å². The molecule has 0 spiro atoms. The molecule has 1 aromatic heterocycles. The highest BCUT2D eigenvalue weighted by Gasteiger charge is 2.11.